The van der Waals surface area contributed by atoms with E-state index in [0.717, 1.165) is 0 Å². The van der Waals surface area contributed by atoms with Gasteiger partial charge in [-0.25, -0.2) is 4.79 Å². The summed E-state index contributed by atoms with van der Waals surface area (Å²) in [5.74, 6) is -3.34. The van der Waals surface area contributed by atoms with Gasteiger partial charge in [0.1, 0.15) is 43.2 Å². The Bertz CT molecular complexity index is 515. The van der Waals surface area contributed by atoms with Crippen LogP contribution in [0.1, 0.15) is 13.8 Å². The monoisotopic (exact) mass is 398 g/mol. The van der Waals surface area contributed by atoms with Crippen LogP contribution in [0.15, 0.2) is 0 Å². The molecule has 7 N–H and O–H groups in total. The van der Waals surface area contributed by atoms with Crippen molar-refractivity contribution in [3.8, 4) is 0 Å². The first-order valence-electron chi connectivity index (χ1n) is 8.41. The number of esters is 1. The molecular formula is C15H26O12. The van der Waals surface area contributed by atoms with Crippen LogP contribution < -0.4 is 0 Å². The molecule has 0 radical (unpaired) electrons. The van der Waals surface area contributed by atoms with Crippen molar-refractivity contribution in [1.82, 2.24) is 0 Å². The summed E-state index contributed by atoms with van der Waals surface area (Å²) in [4.78, 5) is 12.1. The molecule has 0 amide bonds. The van der Waals surface area contributed by atoms with Crippen molar-refractivity contribution in [3.63, 3.8) is 0 Å². The van der Waals surface area contributed by atoms with Crippen molar-refractivity contribution in [2.24, 2.45) is 0 Å². The highest BCUT2D eigenvalue weighted by molar-refractivity contribution is 5.76. The first kappa shape index (κ1) is 22.4. The largest absolute Gasteiger partial charge is 0.461 e. The molecule has 2 heterocycles. The lowest BCUT2D eigenvalue weighted by molar-refractivity contribution is -0.379. The topological polar surface area (TPSA) is 196 Å². The molecule has 12 heteroatoms. The van der Waals surface area contributed by atoms with Gasteiger partial charge < -0.3 is 54.7 Å². The minimum absolute atomic E-state index is 0.555. The van der Waals surface area contributed by atoms with E-state index in [4.69, 9.17) is 24.1 Å². The maximum Gasteiger partial charge on any atom is 0.338 e. The van der Waals surface area contributed by atoms with E-state index in [1.165, 1.54) is 0 Å². The Morgan fingerprint density at radius 1 is 1.04 bits per heavy atom. The molecule has 2 aliphatic heterocycles. The van der Waals surface area contributed by atoms with Gasteiger partial charge in [0.25, 0.3) is 0 Å². The van der Waals surface area contributed by atoms with Crippen molar-refractivity contribution in [2.75, 3.05) is 13.2 Å². The third kappa shape index (κ3) is 4.24. The average molecular weight is 398 g/mol. The van der Waals surface area contributed by atoms with Gasteiger partial charge >= 0.3 is 5.97 Å². The zero-order chi connectivity index (χ0) is 20.5. The van der Waals surface area contributed by atoms with Gasteiger partial charge in [-0.2, -0.15) is 0 Å². The lowest BCUT2D eigenvalue weighted by Gasteiger charge is -2.42. The first-order valence-corrected chi connectivity index (χ1v) is 8.41. The van der Waals surface area contributed by atoms with E-state index in [0.29, 0.717) is 0 Å². The molecule has 0 aromatic heterocycles. The van der Waals surface area contributed by atoms with E-state index in [1.807, 2.05) is 0 Å². The maximum absolute atomic E-state index is 12.1. The van der Waals surface area contributed by atoms with E-state index < -0.39 is 80.1 Å². The van der Waals surface area contributed by atoms with Crippen LogP contribution in [-0.2, 0) is 23.7 Å². The molecule has 9 atom stereocenters. The molecule has 0 bridgehead atoms. The minimum Gasteiger partial charge on any atom is -0.461 e. The fourth-order valence-corrected chi connectivity index (χ4v) is 2.91. The third-order valence-electron chi connectivity index (χ3n) is 4.38. The smallest absolute Gasteiger partial charge is 0.338 e. The van der Waals surface area contributed by atoms with Crippen molar-refractivity contribution in [1.29, 1.82) is 0 Å². The standard InChI is InChI=1S/C15H26O12/c1-5(2)24-13(23)11-9(20)8(19)10(21)14(25-11)27-15(4-17)12(22)7(18)6(3-16)26-15/h5-12,14,16-22H,3-4H2,1-2H3/t6-,7-,8+,9+,10-,11+,12+,14-,15+/m1/s1. The van der Waals surface area contributed by atoms with E-state index in [-0.39, 0.29) is 0 Å². The molecule has 0 aromatic rings. The lowest BCUT2D eigenvalue weighted by Crippen LogP contribution is -2.63. The second kappa shape index (κ2) is 8.61. The van der Waals surface area contributed by atoms with Crippen LogP contribution in [0, 0.1) is 0 Å². The number of ether oxygens (including phenoxy) is 4. The summed E-state index contributed by atoms with van der Waals surface area (Å²) in [6.07, 6.45) is -14.5. The number of hydrogen-bond acceptors (Lipinski definition) is 12. The fraction of sp³-hybridized carbons (Fsp3) is 0.933. The summed E-state index contributed by atoms with van der Waals surface area (Å²) < 4.78 is 20.5. The van der Waals surface area contributed by atoms with Crippen molar-refractivity contribution < 1.29 is 59.5 Å². The van der Waals surface area contributed by atoms with Crippen LogP contribution in [0.3, 0.4) is 0 Å². The number of aliphatic hydroxyl groups excluding tert-OH is 7. The summed E-state index contributed by atoms with van der Waals surface area (Å²) in [6, 6.07) is 0. The Morgan fingerprint density at radius 2 is 1.67 bits per heavy atom. The summed E-state index contributed by atoms with van der Waals surface area (Å²) >= 11 is 0. The van der Waals surface area contributed by atoms with Crippen LogP contribution in [0.5, 0.6) is 0 Å². The zero-order valence-corrected chi connectivity index (χ0v) is 14.8. The van der Waals surface area contributed by atoms with Crippen molar-refractivity contribution in [3.05, 3.63) is 0 Å². The average Bonchev–Trinajstić information content (AvgIpc) is 2.86. The highest BCUT2D eigenvalue weighted by Gasteiger charge is 2.59. The molecule has 0 aliphatic carbocycles. The summed E-state index contributed by atoms with van der Waals surface area (Å²) in [6.45, 7) is 1.37. The number of carbonyl (C=O) groups excluding carboxylic acids is 1. The summed E-state index contributed by atoms with van der Waals surface area (Å²) in [5, 5.41) is 68.8. The molecule has 12 nitrogen and oxygen atoms in total. The van der Waals surface area contributed by atoms with Gasteiger partial charge in [-0.3, -0.25) is 0 Å². The number of aliphatic hydroxyl groups is 7. The predicted molar refractivity (Wildman–Crippen MR) is 82.8 cm³/mol. The quantitative estimate of drug-likeness (QED) is 0.212. The zero-order valence-electron chi connectivity index (χ0n) is 14.8. The van der Waals surface area contributed by atoms with Crippen LogP contribution in [0.4, 0.5) is 0 Å². The molecule has 2 saturated heterocycles. The summed E-state index contributed by atoms with van der Waals surface area (Å²) in [5.41, 5.74) is 0. The number of hydrogen-bond donors (Lipinski definition) is 7. The molecule has 2 fully saturated rings. The van der Waals surface area contributed by atoms with E-state index in [9.17, 15) is 35.4 Å². The molecule has 158 valence electrons. The minimum atomic E-state index is -2.31. The van der Waals surface area contributed by atoms with E-state index >= 15 is 0 Å². The second-order valence-corrected chi connectivity index (χ2v) is 6.74. The second-order valence-electron chi connectivity index (χ2n) is 6.74. The predicted octanol–water partition coefficient (Wildman–Crippen LogP) is -4.44. The lowest BCUT2D eigenvalue weighted by atomic mass is 9.98. The Kier molecular flexibility index (Phi) is 7.13. The van der Waals surface area contributed by atoms with E-state index in [1.54, 1.807) is 13.8 Å². The molecule has 2 aliphatic rings. The van der Waals surface area contributed by atoms with Gasteiger partial charge in [0.05, 0.1) is 12.7 Å². The molecule has 0 saturated carbocycles. The molecular weight excluding hydrogens is 372 g/mol. The summed E-state index contributed by atoms with van der Waals surface area (Å²) in [7, 11) is 0. The SMILES string of the molecule is CC(C)OC(=O)[C@H]1O[C@H](O[C@]2(CO)O[C@H](CO)[C@@H](O)[C@@H]2O)[C@H](O)[C@@H](O)[C@@H]1O. The Hall–Kier alpha value is -0.930. The Balaban J connectivity index is 2.21. The number of rotatable bonds is 6. The number of carbonyl (C=O) groups is 1. The normalized spacial score (nSPS) is 45.3. The third-order valence-corrected chi connectivity index (χ3v) is 4.38. The molecule has 0 spiro atoms. The van der Waals surface area contributed by atoms with Crippen LogP contribution in [0.25, 0.3) is 0 Å². The van der Waals surface area contributed by atoms with Crippen LogP contribution in [-0.4, -0.2) is 116 Å². The van der Waals surface area contributed by atoms with Crippen molar-refractivity contribution >= 4 is 5.97 Å². The van der Waals surface area contributed by atoms with Crippen LogP contribution in [0.2, 0.25) is 0 Å². The Labute approximate surface area is 154 Å². The Morgan fingerprint density at radius 3 is 2.15 bits per heavy atom. The highest BCUT2D eigenvalue weighted by Crippen LogP contribution is 2.36. The molecule has 0 aromatic carbocycles. The maximum atomic E-state index is 12.1. The van der Waals surface area contributed by atoms with Crippen LogP contribution >= 0.6 is 0 Å². The van der Waals surface area contributed by atoms with Gasteiger partial charge in [0, 0.05) is 0 Å². The van der Waals surface area contributed by atoms with Gasteiger partial charge in [-0.1, -0.05) is 0 Å². The molecule has 27 heavy (non-hydrogen) atoms. The molecule has 0 unspecified atom stereocenters. The van der Waals surface area contributed by atoms with Gasteiger partial charge in [0.2, 0.25) is 5.79 Å². The highest BCUT2D eigenvalue weighted by atomic mass is 16.8. The fourth-order valence-electron chi connectivity index (χ4n) is 2.91. The molecule has 2 rings (SSSR count). The van der Waals surface area contributed by atoms with Gasteiger partial charge in [-0.15, -0.1) is 0 Å². The first-order chi connectivity index (χ1) is 12.6. The van der Waals surface area contributed by atoms with Crippen molar-refractivity contribution in [2.45, 2.75) is 74.8 Å². The van der Waals surface area contributed by atoms with E-state index in [2.05, 4.69) is 0 Å². The van der Waals surface area contributed by atoms with Gasteiger partial charge in [0.15, 0.2) is 12.4 Å². The van der Waals surface area contributed by atoms with Gasteiger partial charge in [-0.05, 0) is 13.8 Å².